The molecule has 1 aliphatic carbocycles. The molecule has 0 radical (unpaired) electrons. The van der Waals surface area contributed by atoms with Gasteiger partial charge in [-0.1, -0.05) is 26.7 Å². The van der Waals surface area contributed by atoms with Crippen molar-refractivity contribution in [3.63, 3.8) is 0 Å². The van der Waals surface area contributed by atoms with Crippen LogP contribution in [0.5, 0.6) is 0 Å². The molecule has 21 heavy (non-hydrogen) atoms. The van der Waals surface area contributed by atoms with Crippen molar-refractivity contribution in [2.75, 3.05) is 0 Å². The van der Waals surface area contributed by atoms with Crippen LogP contribution in [0.3, 0.4) is 0 Å². The highest BCUT2D eigenvalue weighted by Gasteiger charge is 2.38. The first-order valence-electron chi connectivity index (χ1n) is 7.48. The Morgan fingerprint density at radius 2 is 1.67 bits per heavy atom. The van der Waals surface area contributed by atoms with E-state index in [-0.39, 0.29) is 24.7 Å². The van der Waals surface area contributed by atoms with Gasteiger partial charge in [0.25, 0.3) is 0 Å². The number of rotatable bonds is 8. The second-order valence-electron chi connectivity index (χ2n) is 6.54. The number of carboxylic acids is 2. The van der Waals surface area contributed by atoms with Gasteiger partial charge in [-0.25, -0.2) is 4.79 Å². The van der Waals surface area contributed by atoms with E-state index in [4.69, 9.17) is 10.2 Å². The number of nitrogens with one attached hydrogen (secondary N) is 1. The van der Waals surface area contributed by atoms with Crippen molar-refractivity contribution < 1.29 is 24.6 Å². The summed E-state index contributed by atoms with van der Waals surface area (Å²) in [5, 5.41) is 20.7. The van der Waals surface area contributed by atoms with Crippen LogP contribution in [-0.4, -0.2) is 34.1 Å². The number of carbonyl (C=O) groups is 3. The Morgan fingerprint density at radius 3 is 2.10 bits per heavy atom. The molecule has 1 saturated carbocycles. The fourth-order valence-corrected chi connectivity index (χ4v) is 3.14. The second kappa shape index (κ2) is 7.43. The van der Waals surface area contributed by atoms with Crippen LogP contribution in [-0.2, 0) is 14.4 Å². The molecular formula is C15H25NO5. The number of hydrogen-bond donors (Lipinski definition) is 3. The SMILES string of the molecule is CC(C)CC(NC(=O)CC1(CC(=O)O)CCCC1)C(=O)O. The van der Waals surface area contributed by atoms with E-state index in [1.807, 2.05) is 13.8 Å². The fourth-order valence-electron chi connectivity index (χ4n) is 3.14. The highest BCUT2D eigenvalue weighted by molar-refractivity contribution is 5.84. The molecule has 1 aliphatic rings. The van der Waals surface area contributed by atoms with Gasteiger partial charge in [-0.3, -0.25) is 9.59 Å². The average molecular weight is 299 g/mol. The van der Waals surface area contributed by atoms with Gasteiger partial charge in [0, 0.05) is 6.42 Å². The summed E-state index contributed by atoms with van der Waals surface area (Å²) in [7, 11) is 0. The molecule has 6 heteroatoms. The molecule has 3 N–H and O–H groups in total. The number of hydrogen-bond acceptors (Lipinski definition) is 3. The summed E-state index contributed by atoms with van der Waals surface area (Å²) in [6, 6.07) is -0.902. The minimum atomic E-state index is -1.05. The van der Waals surface area contributed by atoms with E-state index >= 15 is 0 Å². The van der Waals surface area contributed by atoms with Crippen molar-refractivity contribution in [2.24, 2.45) is 11.3 Å². The number of carbonyl (C=O) groups excluding carboxylic acids is 1. The number of aliphatic carboxylic acids is 2. The minimum Gasteiger partial charge on any atom is -0.481 e. The van der Waals surface area contributed by atoms with Gasteiger partial charge in [0.05, 0.1) is 6.42 Å². The molecule has 1 amide bonds. The van der Waals surface area contributed by atoms with E-state index in [2.05, 4.69) is 5.32 Å². The first-order valence-corrected chi connectivity index (χ1v) is 7.48. The van der Waals surface area contributed by atoms with Crippen LogP contribution in [0.15, 0.2) is 0 Å². The van der Waals surface area contributed by atoms with Crippen LogP contribution < -0.4 is 5.32 Å². The van der Waals surface area contributed by atoms with Gasteiger partial charge in [0.15, 0.2) is 0 Å². The normalized spacial score (nSPS) is 18.4. The zero-order valence-corrected chi connectivity index (χ0v) is 12.7. The minimum absolute atomic E-state index is 0.0255. The molecular weight excluding hydrogens is 274 g/mol. The Balaban J connectivity index is 2.64. The maximum absolute atomic E-state index is 12.1. The Kier molecular flexibility index (Phi) is 6.18. The number of amides is 1. The Morgan fingerprint density at radius 1 is 1.10 bits per heavy atom. The Bertz CT molecular complexity index is 399. The van der Waals surface area contributed by atoms with Crippen molar-refractivity contribution in [3.8, 4) is 0 Å². The molecule has 0 saturated heterocycles. The van der Waals surface area contributed by atoms with Gasteiger partial charge in [-0.05, 0) is 30.6 Å². The van der Waals surface area contributed by atoms with E-state index in [1.165, 1.54) is 0 Å². The van der Waals surface area contributed by atoms with E-state index in [0.29, 0.717) is 19.3 Å². The summed E-state index contributed by atoms with van der Waals surface area (Å²) < 4.78 is 0. The summed E-state index contributed by atoms with van der Waals surface area (Å²) in [5.74, 6) is -2.14. The first kappa shape index (κ1) is 17.5. The van der Waals surface area contributed by atoms with Crippen LogP contribution in [0.25, 0.3) is 0 Å². The monoisotopic (exact) mass is 299 g/mol. The zero-order chi connectivity index (χ0) is 16.0. The van der Waals surface area contributed by atoms with Crippen molar-refractivity contribution in [3.05, 3.63) is 0 Å². The van der Waals surface area contributed by atoms with Gasteiger partial charge in [0.1, 0.15) is 6.04 Å². The van der Waals surface area contributed by atoms with Crippen LogP contribution >= 0.6 is 0 Å². The van der Waals surface area contributed by atoms with E-state index < -0.39 is 23.4 Å². The maximum atomic E-state index is 12.1. The molecule has 1 rings (SSSR count). The molecule has 0 heterocycles. The van der Waals surface area contributed by atoms with Crippen molar-refractivity contribution in [1.82, 2.24) is 5.32 Å². The standard InChI is InChI=1S/C15H25NO5/c1-10(2)7-11(14(20)21)16-12(17)8-15(9-13(18)19)5-3-4-6-15/h10-11H,3-9H2,1-2H3,(H,16,17)(H,18,19)(H,20,21). The second-order valence-corrected chi connectivity index (χ2v) is 6.54. The molecule has 1 fully saturated rings. The third-order valence-electron chi connectivity index (χ3n) is 4.07. The lowest BCUT2D eigenvalue weighted by molar-refractivity contribution is -0.144. The average Bonchev–Trinajstić information content (AvgIpc) is 2.74. The van der Waals surface area contributed by atoms with Crippen LogP contribution in [0.2, 0.25) is 0 Å². The highest BCUT2D eigenvalue weighted by atomic mass is 16.4. The lowest BCUT2D eigenvalue weighted by Gasteiger charge is -2.27. The molecule has 1 atom stereocenters. The Labute approximate surface area is 124 Å². The lowest BCUT2D eigenvalue weighted by atomic mass is 9.79. The summed E-state index contributed by atoms with van der Waals surface area (Å²) >= 11 is 0. The number of carboxylic acid groups (broad SMARTS) is 2. The molecule has 0 bridgehead atoms. The van der Waals surface area contributed by atoms with Crippen molar-refractivity contribution >= 4 is 17.8 Å². The summed E-state index contributed by atoms with van der Waals surface area (Å²) in [5.41, 5.74) is -0.503. The predicted molar refractivity (Wildman–Crippen MR) is 76.8 cm³/mol. The predicted octanol–water partition coefficient (Wildman–Crippen LogP) is 2.03. The molecule has 0 aromatic heterocycles. The van der Waals surface area contributed by atoms with E-state index in [9.17, 15) is 14.4 Å². The van der Waals surface area contributed by atoms with Gasteiger partial charge >= 0.3 is 11.9 Å². The summed E-state index contributed by atoms with van der Waals surface area (Å²) in [4.78, 5) is 34.3. The molecule has 1 unspecified atom stereocenters. The van der Waals surface area contributed by atoms with Gasteiger partial charge in [-0.2, -0.15) is 0 Å². The molecule has 0 spiro atoms. The Hall–Kier alpha value is -1.59. The van der Waals surface area contributed by atoms with Gasteiger partial charge in [0.2, 0.25) is 5.91 Å². The quantitative estimate of drug-likeness (QED) is 0.636. The first-order chi connectivity index (χ1) is 9.74. The zero-order valence-electron chi connectivity index (χ0n) is 12.7. The van der Waals surface area contributed by atoms with Crippen LogP contribution in [0.1, 0.15) is 58.8 Å². The topological polar surface area (TPSA) is 104 Å². The van der Waals surface area contributed by atoms with Gasteiger partial charge < -0.3 is 15.5 Å². The van der Waals surface area contributed by atoms with Crippen molar-refractivity contribution in [1.29, 1.82) is 0 Å². The summed E-state index contributed by atoms with van der Waals surface area (Å²) in [6.45, 7) is 3.79. The van der Waals surface area contributed by atoms with Crippen molar-refractivity contribution in [2.45, 2.75) is 64.8 Å². The molecule has 0 aliphatic heterocycles. The maximum Gasteiger partial charge on any atom is 0.326 e. The van der Waals surface area contributed by atoms with Crippen LogP contribution in [0.4, 0.5) is 0 Å². The third-order valence-corrected chi connectivity index (χ3v) is 4.07. The van der Waals surface area contributed by atoms with Gasteiger partial charge in [-0.15, -0.1) is 0 Å². The highest BCUT2D eigenvalue weighted by Crippen LogP contribution is 2.44. The van der Waals surface area contributed by atoms with Crippen LogP contribution in [0, 0.1) is 11.3 Å². The van der Waals surface area contributed by atoms with E-state index in [1.54, 1.807) is 0 Å². The molecule has 120 valence electrons. The smallest absolute Gasteiger partial charge is 0.326 e. The summed E-state index contributed by atoms with van der Waals surface area (Å²) in [6.07, 6.45) is 3.73. The molecule has 6 nitrogen and oxygen atoms in total. The molecule has 0 aromatic carbocycles. The fraction of sp³-hybridized carbons (Fsp3) is 0.800. The largest absolute Gasteiger partial charge is 0.481 e. The molecule has 0 aromatic rings. The lowest BCUT2D eigenvalue weighted by Crippen LogP contribution is -2.43. The van der Waals surface area contributed by atoms with E-state index in [0.717, 1.165) is 12.8 Å². The third kappa shape index (κ3) is 5.73.